The van der Waals surface area contributed by atoms with Crippen molar-refractivity contribution in [2.45, 2.75) is 187 Å². The van der Waals surface area contributed by atoms with Gasteiger partial charge in [0.1, 0.15) is 6.61 Å². The standard InChI is InChI=1S/C46H82NO8P/c1-4-6-8-10-12-14-16-18-20-21-22-23-25-27-29-31-33-35-37-39-46(49)55-44(43-54-56(50,51)53-41-40-47-3)42-52-45(48)38-36-34-32-30-28-26-24-19-17-15-13-11-9-7-5-2/h6,8,12,14,18,20,22-23,27,29,44,47H,4-5,7,9-11,13,15-17,19,21,24-26,28,30-43H2,1-3H3,(H,50,51)/b8-6-,14-12-,20-18-,23-22-,29-27-. The van der Waals surface area contributed by atoms with Crippen LogP contribution in [-0.2, 0) is 32.7 Å². The lowest BCUT2D eigenvalue weighted by atomic mass is 10.0. The van der Waals surface area contributed by atoms with Crippen molar-refractivity contribution in [2.24, 2.45) is 0 Å². The van der Waals surface area contributed by atoms with Crippen LogP contribution in [0.25, 0.3) is 0 Å². The van der Waals surface area contributed by atoms with E-state index < -0.39 is 26.5 Å². The Morgan fingerprint density at radius 1 is 0.571 bits per heavy atom. The lowest BCUT2D eigenvalue weighted by Crippen LogP contribution is -2.29. The van der Waals surface area contributed by atoms with Crippen molar-refractivity contribution >= 4 is 19.8 Å². The zero-order chi connectivity index (χ0) is 41.1. The van der Waals surface area contributed by atoms with Gasteiger partial charge in [0.05, 0.1) is 13.2 Å². The van der Waals surface area contributed by atoms with Crippen LogP contribution in [0, 0.1) is 0 Å². The average molecular weight is 808 g/mol. The minimum atomic E-state index is -4.36. The van der Waals surface area contributed by atoms with Gasteiger partial charge in [0.2, 0.25) is 0 Å². The molecule has 0 spiro atoms. The van der Waals surface area contributed by atoms with Crippen LogP contribution in [0.2, 0.25) is 0 Å². The number of rotatable bonds is 41. The van der Waals surface area contributed by atoms with E-state index in [1.165, 1.54) is 77.0 Å². The van der Waals surface area contributed by atoms with Gasteiger partial charge in [-0.1, -0.05) is 171 Å². The zero-order valence-electron chi connectivity index (χ0n) is 35.8. The van der Waals surface area contributed by atoms with E-state index in [0.29, 0.717) is 13.0 Å². The number of hydrogen-bond acceptors (Lipinski definition) is 8. The summed E-state index contributed by atoms with van der Waals surface area (Å²) in [4.78, 5) is 35.1. The van der Waals surface area contributed by atoms with Crippen LogP contribution in [0.1, 0.15) is 181 Å². The molecule has 0 radical (unpaired) electrons. The molecule has 0 aromatic heterocycles. The van der Waals surface area contributed by atoms with E-state index in [-0.39, 0.29) is 32.0 Å². The summed E-state index contributed by atoms with van der Waals surface area (Å²) in [5, 5.41) is 2.82. The number of unbranched alkanes of at least 4 members (excludes halogenated alkanes) is 17. The van der Waals surface area contributed by atoms with Gasteiger partial charge in [0, 0.05) is 19.4 Å². The van der Waals surface area contributed by atoms with Gasteiger partial charge in [-0.05, 0) is 64.8 Å². The Kier molecular flexibility index (Phi) is 40.6. The molecule has 2 unspecified atom stereocenters. The van der Waals surface area contributed by atoms with E-state index in [0.717, 1.165) is 70.6 Å². The third-order valence-electron chi connectivity index (χ3n) is 9.15. The SMILES string of the molecule is CC/C=C\C/C=C\C/C=C\C/C=C\C/C=C\CCCCCC(=O)OC(COC(=O)CCCCCCCCCCCCCCCCC)COP(=O)(O)OCCNC. The molecule has 0 amide bonds. The van der Waals surface area contributed by atoms with Crippen LogP contribution in [0.4, 0.5) is 0 Å². The van der Waals surface area contributed by atoms with Crippen molar-refractivity contribution in [3.8, 4) is 0 Å². The van der Waals surface area contributed by atoms with Gasteiger partial charge in [-0.3, -0.25) is 18.6 Å². The third kappa shape index (κ3) is 41.3. The van der Waals surface area contributed by atoms with Gasteiger partial charge in [0.15, 0.2) is 6.10 Å². The smallest absolute Gasteiger partial charge is 0.462 e. The van der Waals surface area contributed by atoms with Gasteiger partial charge in [-0.25, -0.2) is 4.57 Å². The maximum atomic E-state index is 12.6. The number of phosphoric acid groups is 1. The molecule has 0 rings (SSSR count). The van der Waals surface area contributed by atoms with Crippen LogP contribution in [0.3, 0.4) is 0 Å². The van der Waals surface area contributed by atoms with Crippen molar-refractivity contribution < 1.29 is 37.6 Å². The third-order valence-corrected chi connectivity index (χ3v) is 10.1. The number of likely N-dealkylation sites (N-methyl/N-ethyl adjacent to an activating group) is 1. The largest absolute Gasteiger partial charge is 0.472 e. The number of nitrogens with one attached hydrogen (secondary N) is 1. The Labute approximate surface area is 342 Å². The van der Waals surface area contributed by atoms with E-state index in [4.69, 9.17) is 18.5 Å². The first-order valence-electron chi connectivity index (χ1n) is 22.2. The monoisotopic (exact) mass is 808 g/mol. The molecule has 0 bridgehead atoms. The first-order chi connectivity index (χ1) is 27.3. The topological polar surface area (TPSA) is 120 Å². The first kappa shape index (κ1) is 53.7. The Hall–Kier alpha value is -2.29. The molecule has 2 N–H and O–H groups in total. The van der Waals surface area contributed by atoms with E-state index in [9.17, 15) is 19.0 Å². The minimum absolute atomic E-state index is 0.0252. The molecule has 10 heteroatoms. The summed E-state index contributed by atoms with van der Waals surface area (Å²) in [5.41, 5.74) is 0. The maximum absolute atomic E-state index is 12.6. The van der Waals surface area contributed by atoms with Crippen molar-refractivity contribution in [1.29, 1.82) is 0 Å². The summed E-state index contributed by atoms with van der Waals surface area (Å²) in [6, 6.07) is 0. The molecular weight excluding hydrogens is 725 g/mol. The Bertz CT molecular complexity index is 1100. The van der Waals surface area contributed by atoms with E-state index in [2.05, 4.69) is 79.9 Å². The highest BCUT2D eigenvalue weighted by Crippen LogP contribution is 2.43. The fourth-order valence-corrected chi connectivity index (χ4v) is 6.57. The molecule has 0 aliphatic heterocycles. The van der Waals surface area contributed by atoms with E-state index in [1.807, 2.05) is 0 Å². The highest BCUT2D eigenvalue weighted by molar-refractivity contribution is 7.47. The Morgan fingerprint density at radius 2 is 1.02 bits per heavy atom. The second-order valence-electron chi connectivity index (χ2n) is 14.5. The fraction of sp³-hybridized carbons (Fsp3) is 0.739. The summed E-state index contributed by atoms with van der Waals surface area (Å²) < 4.78 is 33.2. The summed E-state index contributed by atoms with van der Waals surface area (Å²) in [5.74, 6) is -0.843. The predicted molar refractivity (Wildman–Crippen MR) is 234 cm³/mol. The van der Waals surface area contributed by atoms with Crippen LogP contribution in [0.5, 0.6) is 0 Å². The lowest BCUT2D eigenvalue weighted by molar-refractivity contribution is -0.161. The van der Waals surface area contributed by atoms with Crippen LogP contribution in [-0.4, -0.2) is 56.3 Å². The van der Waals surface area contributed by atoms with Gasteiger partial charge >= 0.3 is 19.8 Å². The normalized spacial score (nSPS) is 13.9. The highest BCUT2D eigenvalue weighted by Gasteiger charge is 2.26. The summed E-state index contributed by atoms with van der Waals surface area (Å²) in [6.07, 6.45) is 48.3. The number of carbonyl (C=O) groups is 2. The first-order valence-corrected chi connectivity index (χ1v) is 23.7. The Morgan fingerprint density at radius 3 is 1.52 bits per heavy atom. The quantitative estimate of drug-likeness (QED) is 0.0269. The van der Waals surface area contributed by atoms with Crippen molar-refractivity contribution in [3.05, 3.63) is 60.8 Å². The van der Waals surface area contributed by atoms with Crippen molar-refractivity contribution in [1.82, 2.24) is 5.32 Å². The number of phosphoric ester groups is 1. The van der Waals surface area contributed by atoms with Crippen molar-refractivity contribution in [3.63, 3.8) is 0 Å². The number of esters is 2. The molecule has 0 aromatic carbocycles. The van der Waals surface area contributed by atoms with E-state index in [1.54, 1.807) is 7.05 Å². The van der Waals surface area contributed by atoms with Crippen LogP contribution in [0.15, 0.2) is 60.8 Å². The molecule has 0 aliphatic rings. The summed E-state index contributed by atoms with van der Waals surface area (Å²) in [6.45, 7) is 4.07. The second kappa shape index (κ2) is 42.3. The van der Waals surface area contributed by atoms with Gasteiger partial charge in [-0.2, -0.15) is 0 Å². The molecule has 0 heterocycles. The molecule has 0 saturated carbocycles. The van der Waals surface area contributed by atoms with Crippen LogP contribution >= 0.6 is 7.82 Å². The fourth-order valence-electron chi connectivity index (χ4n) is 5.81. The molecule has 0 aromatic rings. The predicted octanol–water partition coefficient (Wildman–Crippen LogP) is 12.8. The molecule has 0 saturated heterocycles. The molecule has 56 heavy (non-hydrogen) atoms. The van der Waals surface area contributed by atoms with E-state index >= 15 is 0 Å². The molecule has 0 fully saturated rings. The van der Waals surface area contributed by atoms with Gasteiger partial charge < -0.3 is 19.7 Å². The second-order valence-corrected chi connectivity index (χ2v) is 16.0. The maximum Gasteiger partial charge on any atom is 0.472 e. The lowest BCUT2D eigenvalue weighted by Gasteiger charge is -2.20. The molecule has 2 atom stereocenters. The number of allylic oxidation sites excluding steroid dienone is 10. The van der Waals surface area contributed by atoms with Crippen LogP contribution < -0.4 is 5.32 Å². The number of ether oxygens (including phenoxy) is 2. The number of carbonyl (C=O) groups excluding carboxylic acids is 2. The minimum Gasteiger partial charge on any atom is -0.462 e. The van der Waals surface area contributed by atoms with Gasteiger partial charge in [0.25, 0.3) is 0 Å². The highest BCUT2D eigenvalue weighted by atomic mass is 31.2. The Balaban J connectivity index is 4.28. The molecular formula is C46H82NO8P. The molecule has 9 nitrogen and oxygen atoms in total. The van der Waals surface area contributed by atoms with Gasteiger partial charge in [-0.15, -0.1) is 0 Å². The molecule has 324 valence electrons. The number of hydrogen-bond donors (Lipinski definition) is 2. The van der Waals surface area contributed by atoms with Crippen molar-refractivity contribution in [2.75, 3.05) is 33.4 Å². The zero-order valence-corrected chi connectivity index (χ0v) is 36.7. The average Bonchev–Trinajstić information content (AvgIpc) is 3.18. The summed E-state index contributed by atoms with van der Waals surface area (Å²) in [7, 11) is -2.66. The summed E-state index contributed by atoms with van der Waals surface area (Å²) >= 11 is 0. The molecule has 0 aliphatic carbocycles.